The number of carbonyl (C=O) groups is 1. The Morgan fingerprint density at radius 1 is 1.20 bits per heavy atom. The molecule has 7 heteroatoms. The van der Waals surface area contributed by atoms with Crippen molar-refractivity contribution >= 4 is 11.6 Å². The molecule has 0 fully saturated rings. The summed E-state index contributed by atoms with van der Waals surface area (Å²) in [6.45, 7) is 5.60. The summed E-state index contributed by atoms with van der Waals surface area (Å²) < 4.78 is 7.28. The van der Waals surface area contributed by atoms with Gasteiger partial charge in [0.05, 0.1) is 5.69 Å². The van der Waals surface area contributed by atoms with Crippen molar-refractivity contribution in [3.63, 3.8) is 0 Å². The first-order chi connectivity index (χ1) is 12.0. The summed E-state index contributed by atoms with van der Waals surface area (Å²) >= 11 is 0. The lowest BCUT2D eigenvalue weighted by Crippen LogP contribution is -2.30. The molecule has 0 bridgehead atoms. The maximum absolute atomic E-state index is 12.5. The summed E-state index contributed by atoms with van der Waals surface area (Å²) in [5.74, 6) is 0.445. The molecule has 0 saturated heterocycles. The van der Waals surface area contributed by atoms with Crippen LogP contribution in [0.5, 0.6) is 5.75 Å². The standard InChI is InChI=1S/C18H19N5O2/c1-12-6-4-7-15(10-12)25-14(3)18(24)20-16-8-5-9-17(13(16)2)23-11-19-21-22-23/h4-11,14H,1-3H3,(H,20,24). The van der Waals surface area contributed by atoms with Crippen LogP contribution in [0, 0.1) is 13.8 Å². The van der Waals surface area contributed by atoms with Gasteiger partial charge in [0, 0.05) is 5.69 Å². The van der Waals surface area contributed by atoms with Gasteiger partial charge in [0.25, 0.3) is 5.91 Å². The average Bonchev–Trinajstić information content (AvgIpc) is 3.11. The SMILES string of the molecule is Cc1cccc(OC(C)C(=O)Nc2cccc(-n3cnnn3)c2C)c1. The van der Waals surface area contributed by atoms with Gasteiger partial charge in [-0.3, -0.25) is 4.79 Å². The first-order valence-corrected chi connectivity index (χ1v) is 7.92. The summed E-state index contributed by atoms with van der Waals surface area (Å²) in [5.41, 5.74) is 3.44. The molecule has 1 aromatic heterocycles. The second-order valence-corrected chi connectivity index (χ2v) is 5.77. The van der Waals surface area contributed by atoms with Crippen molar-refractivity contribution in [2.75, 3.05) is 5.32 Å². The lowest BCUT2D eigenvalue weighted by molar-refractivity contribution is -0.122. The predicted molar refractivity (Wildman–Crippen MR) is 93.8 cm³/mol. The number of ether oxygens (including phenoxy) is 1. The highest BCUT2D eigenvalue weighted by Crippen LogP contribution is 2.22. The zero-order chi connectivity index (χ0) is 17.8. The van der Waals surface area contributed by atoms with E-state index in [0.717, 1.165) is 16.8 Å². The molecule has 0 radical (unpaired) electrons. The quantitative estimate of drug-likeness (QED) is 0.774. The third-order valence-electron chi connectivity index (χ3n) is 3.83. The average molecular weight is 337 g/mol. The van der Waals surface area contributed by atoms with E-state index in [9.17, 15) is 4.79 Å². The Kier molecular flexibility index (Phi) is 4.74. The van der Waals surface area contributed by atoms with E-state index in [1.54, 1.807) is 11.6 Å². The maximum atomic E-state index is 12.5. The predicted octanol–water partition coefficient (Wildman–Crippen LogP) is 2.69. The summed E-state index contributed by atoms with van der Waals surface area (Å²) in [4.78, 5) is 12.5. The first kappa shape index (κ1) is 16.6. The van der Waals surface area contributed by atoms with E-state index < -0.39 is 6.10 Å². The normalized spacial score (nSPS) is 11.8. The van der Waals surface area contributed by atoms with Crippen molar-refractivity contribution in [1.29, 1.82) is 0 Å². The van der Waals surface area contributed by atoms with E-state index in [-0.39, 0.29) is 5.91 Å². The molecule has 2 aromatic carbocycles. The number of carbonyl (C=O) groups excluding carboxylic acids is 1. The third kappa shape index (κ3) is 3.82. The molecule has 1 heterocycles. The number of aromatic nitrogens is 4. The second-order valence-electron chi connectivity index (χ2n) is 5.77. The van der Waals surface area contributed by atoms with Crippen molar-refractivity contribution in [3.8, 4) is 11.4 Å². The third-order valence-corrected chi connectivity index (χ3v) is 3.83. The van der Waals surface area contributed by atoms with Crippen LogP contribution >= 0.6 is 0 Å². The van der Waals surface area contributed by atoms with Crippen molar-refractivity contribution in [2.24, 2.45) is 0 Å². The summed E-state index contributed by atoms with van der Waals surface area (Å²) in [5, 5.41) is 14.1. The number of hydrogen-bond acceptors (Lipinski definition) is 5. The molecular weight excluding hydrogens is 318 g/mol. The Morgan fingerprint density at radius 3 is 2.72 bits per heavy atom. The van der Waals surface area contributed by atoms with Gasteiger partial charge in [0.2, 0.25) is 0 Å². The van der Waals surface area contributed by atoms with E-state index >= 15 is 0 Å². The monoisotopic (exact) mass is 337 g/mol. The fraction of sp³-hybridized carbons (Fsp3) is 0.222. The molecule has 7 nitrogen and oxygen atoms in total. The van der Waals surface area contributed by atoms with Crippen LogP contribution in [-0.2, 0) is 4.79 Å². The molecule has 1 amide bonds. The maximum Gasteiger partial charge on any atom is 0.265 e. The topological polar surface area (TPSA) is 81.9 Å². The van der Waals surface area contributed by atoms with Crippen LogP contribution in [0.15, 0.2) is 48.8 Å². The van der Waals surface area contributed by atoms with Gasteiger partial charge >= 0.3 is 0 Å². The summed E-state index contributed by atoms with van der Waals surface area (Å²) in [6.07, 6.45) is 0.884. The number of rotatable bonds is 5. The summed E-state index contributed by atoms with van der Waals surface area (Å²) in [6, 6.07) is 13.2. The number of amides is 1. The molecule has 1 atom stereocenters. The van der Waals surface area contributed by atoms with Gasteiger partial charge in [-0.15, -0.1) is 5.10 Å². The highest BCUT2D eigenvalue weighted by atomic mass is 16.5. The molecule has 0 saturated carbocycles. The Bertz CT molecular complexity index is 877. The largest absolute Gasteiger partial charge is 0.481 e. The number of tetrazole rings is 1. The molecule has 0 spiro atoms. The lowest BCUT2D eigenvalue weighted by Gasteiger charge is -2.17. The molecule has 0 aliphatic carbocycles. The van der Waals surface area contributed by atoms with Crippen molar-refractivity contribution in [1.82, 2.24) is 20.2 Å². The molecule has 0 aliphatic rings. The van der Waals surface area contributed by atoms with Gasteiger partial charge < -0.3 is 10.1 Å². The van der Waals surface area contributed by atoms with Crippen LogP contribution < -0.4 is 10.1 Å². The number of nitrogens with zero attached hydrogens (tertiary/aromatic N) is 4. The fourth-order valence-corrected chi connectivity index (χ4v) is 2.46. The highest BCUT2D eigenvalue weighted by molar-refractivity contribution is 5.95. The highest BCUT2D eigenvalue weighted by Gasteiger charge is 2.17. The van der Waals surface area contributed by atoms with Crippen LogP contribution in [0.3, 0.4) is 0 Å². The Balaban J connectivity index is 1.73. The molecule has 3 rings (SSSR count). The van der Waals surface area contributed by atoms with Crippen LogP contribution in [0.2, 0.25) is 0 Å². The van der Waals surface area contributed by atoms with E-state index in [1.165, 1.54) is 6.33 Å². The van der Waals surface area contributed by atoms with Gasteiger partial charge in [-0.2, -0.15) is 0 Å². The minimum absolute atomic E-state index is 0.224. The molecule has 3 aromatic rings. The molecule has 1 N–H and O–H groups in total. The van der Waals surface area contributed by atoms with Crippen LogP contribution in [0.25, 0.3) is 5.69 Å². The number of aryl methyl sites for hydroxylation is 1. The van der Waals surface area contributed by atoms with Crippen LogP contribution in [0.1, 0.15) is 18.1 Å². The van der Waals surface area contributed by atoms with E-state index in [0.29, 0.717) is 11.4 Å². The molecule has 0 aliphatic heterocycles. The molecular formula is C18H19N5O2. The second kappa shape index (κ2) is 7.12. The number of benzene rings is 2. The van der Waals surface area contributed by atoms with Gasteiger partial charge in [-0.1, -0.05) is 18.2 Å². The first-order valence-electron chi connectivity index (χ1n) is 7.92. The van der Waals surface area contributed by atoms with E-state index in [2.05, 4.69) is 20.8 Å². The fourth-order valence-electron chi connectivity index (χ4n) is 2.46. The number of anilines is 1. The van der Waals surface area contributed by atoms with Gasteiger partial charge in [-0.05, 0) is 66.6 Å². The van der Waals surface area contributed by atoms with Gasteiger partial charge in [0.1, 0.15) is 12.1 Å². The van der Waals surface area contributed by atoms with Crippen molar-refractivity contribution < 1.29 is 9.53 Å². The van der Waals surface area contributed by atoms with Crippen molar-refractivity contribution in [3.05, 3.63) is 59.9 Å². The minimum Gasteiger partial charge on any atom is -0.481 e. The molecule has 1 unspecified atom stereocenters. The summed E-state index contributed by atoms with van der Waals surface area (Å²) in [7, 11) is 0. The molecule has 128 valence electrons. The zero-order valence-corrected chi connectivity index (χ0v) is 14.3. The number of hydrogen-bond donors (Lipinski definition) is 1. The lowest BCUT2D eigenvalue weighted by atomic mass is 10.1. The van der Waals surface area contributed by atoms with E-state index in [4.69, 9.17) is 4.74 Å². The Morgan fingerprint density at radius 2 is 2.00 bits per heavy atom. The van der Waals surface area contributed by atoms with Crippen molar-refractivity contribution in [2.45, 2.75) is 26.9 Å². The zero-order valence-electron chi connectivity index (χ0n) is 14.3. The Labute approximate surface area is 145 Å². The number of nitrogens with one attached hydrogen (secondary N) is 1. The molecule has 25 heavy (non-hydrogen) atoms. The minimum atomic E-state index is -0.627. The van der Waals surface area contributed by atoms with Gasteiger partial charge in [-0.25, -0.2) is 4.68 Å². The van der Waals surface area contributed by atoms with Crippen LogP contribution in [-0.4, -0.2) is 32.2 Å². The smallest absolute Gasteiger partial charge is 0.265 e. The Hall–Kier alpha value is -3.22. The van der Waals surface area contributed by atoms with E-state index in [1.807, 2.05) is 56.3 Å². The van der Waals surface area contributed by atoms with Crippen LogP contribution in [0.4, 0.5) is 5.69 Å². The van der Waals surface area contributed by atoms with Gasteiger partial charge in [0.15, 0.2) is 6.10 Å².